The molecule has 0 aliphatic rings. The quantitative estimate of drug-likeness (QED) is 0.737. The number of hydrogen-bond donors (Lipinski definition) is 0. The van der Waals surface area contributed by atoms with E-state index in [0.29, 0.717) is 12.5 Å². The monoisotopic (exact) mass is 268 g/mol. The summed E-state index contributed by atoms with van der Waals surface area (Å²) >= 11 is 0. The van der Waals surface area contributed by atoms with Gasteiger partial charge in [-0.3, -0.25) is 4.68 Å². The summed E-state index contributed by atoms with van der Waals surface area (Å²) in [6.07, 6.45) is 0. The molecule has 0 unspecified atom stereocenters. The molecular weight excluding hydrogens is 248 g/mol. The molecule has 0 radical (unpaired) electrons. The third kappa shape index (κ3) is 4.08. The first-order valence-corrected chi connectivity index (χ1v) is 6.41. The molecule has 0 aromatic carbocycles. The van der Waals surface area contributed by atoms with Crippen LogP contribution in [-0.4, -0.2) is 34.9 Å². The third-order valence-electron chi connectivity index (χ3n) is 2.29. The van der Waals surface area contributed by atoms with Gasteiger partial charge < -0.3 is 9.47 Å². The maximum absolute atomic E-state index is 11.8. The van der Waals surface area contributed by atoms with Gasteiger partial charge >= 0.3 is 11.9 Å². The van der Waals surface area contributed by atoms with Crippen molar-refractivity contribution in [3.8, 4) is 0 Å². The van der Waals surface area contributed by atoms with Crippen LogP contribution in [0.25, 0.3) is 0 Å². The SMILES string of the molecule is CCOC(=O)c1cc(C(=O)OCC)n(CC(C)C)n1. The molecule has 0 saturated carbocycles. The van der Waals surface area contributed by atoms with E-state index in [4.69, 9.17) is 9.47 Å². The second kappa shape index (κ2) is 6.92. The number of aromatic nitrogens is 2. The zero-order valence-electron chi connectivity index (χ0n) is 11.8. The molecule has 19 heavy (non-hydrogen) atoms. The molecule has 1 aromatic rings. The highest BCUT2D eigenvalue weighted by molar-refractivity contribution is 5.93. The van der Waals surface area contributed by atoms with Crippen LogP contribution in [0, 0.1) is 5.92 Å². The fourth-order valence-corrected chi connectivity index (χ4v) is 1.58. The van der Waals surface area contributed by atoms with Crippen molar-refractivity contribution in [3.63, 3.8) is 0 Å². The van der Waals surface area contributed by atoms with E-state index in [1.54, 1.807) is 13.8 Å². The lowest BCUT2D eigenvalue weighted by Crippen LogP contribution is -2.16. The van der Waals surface area contributed by atoms with E-state index >= 15 is 0 Å². The second-order valence-electron chi connectivity index (χ2n) is 4.43. The van der Waals surface area contributed by atoms with Crippen molar-refractivity contribution >= 4 is 11.9 Å². The Kier molecular flexibility index (Phi) is 5.54. The van der Waals surface area contributed by atoms with Crippen molar-refractivity contribution in [2.45, 2.75) is 34.2 Å². The Balaban J connectivity index is 3.04. The van der Waals surface area contributed by atoms with E-state index in [-0.39, 0.29) is 24.6 Å². The average molecular weight is 268 g/mol. The Morgan fingerprint density at radius 1 is 1.21 bits per heavy atom. The molecule has 0 spiro atoms. The fraction of sp³-hybridized carbons (Fsp3) is 0.615. The molecule has 1 aromatic heterocycles. The van der Waals surface area contributed by atoms with Crippen molar-refractivity contribution in [1.29, 1.82) is 0 Å². The standard InChI is InChI=1S/C13H20N2O4/c1-5-18-12(16)10-7-11(13(17)19-6-2)15(14-10)8-9(3)4/h7,9H,5-6,8H2,1-4H3. The van der Waals surface area contributed by atoms with Gasteiger partial charge in [0.1, 0.15) is 5.69 Å². The summed E-state index contributed by atoms with van der Waals surface area (Å²) in [5.41, 5.74) is 0.407. The highest BCUT2D eigenvalue weighted by Crippen LogP contribution is 2.10. The Labute approximate surface area is 112 Å². The molecule has 0 atom stereocenters. The zero-order valence-corrected chi connectivity index (χ0v) is 11.8. The highest BCUT2D eigenvalue weighted by Gasteiger charge is 2.21. The van der Waals surface area contributed by atoms with Gasteiger partial charge in [0.15, 0.2) is 5.69 Å². The zero-order chi connectivity index (χ0) is 14.4. The normalized spacial score (nSPS) is 10.6. The largest absolute Gasteiger partial charge is 0.461 e. The molecule has 0 N–H and O–H groups in total. The molecule has 6 heteroatoms. The Hall–Kier alpha value is -1.85. The van der Waals surface area contributed by atoms with E-state index in [9.17, 15) is 9.59 Å². The molecule has 0 fully saturated rings. The minimum Gasteiger partial charge on any atom is -0.461 e. The van der Waals surface area contributed by atoms with Crippen LogP contribution < -0.4 is 0 Å². The molecule has 0 saturated heterocycles. The summed E-state index contributed by atoms with van der Waals surface area (Å²) in [6, 6.07) is 1.42. The predicted molar refractivity (Wildman–Crippen MR) is 69.0 cm³/mol. The summed E-state index contributed by atoms with van der Waals surface area (Å²) in [7, 11) is 0. The van der Waals surface area contributed by atoms with Gasteiger partial charge in [0.2, 0.25) is 0 Å². The summed E-state index contributed by atoms with van der Waals surface area (Å²) < 4.78 is 11.3. The molecule has 1 heterocycles. The minimum atomic E-state index is -0.532. The number of hydrogen-bond acceptors (Lipinski definition) is 5. The van der Waals surface area contributed by atoms with Gasteiger partial charge in [0, 0.05) is 12.6 Å². The first-order valence-electron chi connectivity index (χ1n) is 6.41. The Morgan fingerprint density at radius 2 is 1.79 bits per heavy atom. The van der Waals surface area contributed by atoms with Crippen LogP contribution in [0.15, 0.2) is 6.07 Å². The molecule has 0 bridgehead atoms. The number of ether oxygens (including phenoxy) is 2. The summed E-state index contributed by atoms with van der Waals surface area (Å²) in [5.74, 6) is -0.718. The van der Waals surface area contributed by atoms with Gasteiger partial charge in [0.05, 0.1) is 13.2 Å². The first-order chi connectivity index (χ1) is 8.99. The van der Waals surface area contributed by atoms with E-state index in [1.807, 2.05) is 13.8 Å². The topological polar surface area (TPSA) is 70.4 Å². The van der Waals surface area contributed by atoms with E-state index in [0.717, 1.165) is 0 Å². The minimum absolute atomic E-state index is 0.130. The second-order valence-corrected chi connectivity index (χ2v) is 4.43. The van der Waals surface area contributed by atoms with Gasteiger partial charge in [-0.1, -0.05) is 13.8 Å². The van der Waals surface area contributed by atoms with E-state index in [1.165, 1.54) is 10.7 Å². The number of rotatable bonds is 6. The molecule has 6 nitrogen and oxygen atoms in total. The van der Waals surface area contributed by atoms with Gasteiger partial charge in [-0.05, 0) is 19.8 Å². The van der Waals surface area contributed by atoms with Gasteiger partial charge in [0.25, 0.3) is 0 Å². The van der Waals surface area contributed by atoms with Crippen LogP contribution >= 0.6 is 0 Å². The van der Waals surface area contributed by atoms with Gasteiger partial charge in [-0.25, -0.2) is 9.59 Å². The number of carbonyl (C=O) groups excluding carboxylic acids is 2. The summed E-state index contributed by atoms with van der Waals surface area (Å²) in [6.45, 7) is 8.53. The lowest BCUT2D eigenvalue weighted by Gasteiger charge is -2.08. The van der Waals surface area contributed by atoms with E-state index < -0.39 is 11.9 Å². The highest BCUT2D eigenvalue weighted by atomic mass is 16.5. The molecule has 0 aliphatic heterocycles. The summed E-state index contributed by atoms with van der Waals surface area (Å²) in [4.78, 5) is 23.4. The molecular formula is C13H20N2O4. The van der Waals surface area contributed by atoms with Crippen LogP contribution in [0.5, 0.6) is 0 Å². The lowest BCUT2D eigenvalue weighted by atomic mass is 10.2. The average Bonchev–Trinajstić information content (AvgIpc) is 2.73. The number of nitrogens with zero attached hydrogens (tertiary/aromatic N) is 2. The van der Waals surface area contributed by atoms with Crippen LogP contribution in [-0.2, 0) is 16.0 Å². The molecule has 0 amide bonds. The van der Waals surface area contributed by atoms with Crippen molar-refractivity contribution in [1.82, 2.24) is 9.78 Å². The van der Waals surface area contributed by atoms with Crippen molar-refractivity contribution in [3.05, 3.63) is 17.5 Å². The maximum Gasteiger partial charge on any atom is 0.358 e. The fourth-order valence-electron chi connectivity index (χ4n) is 1.58. The molecule has 0 aliphatic carbocycles. The van der Waals surface area contributed by atoms with Gasteiger partial charge in [-0.2, -0.15) is 5.10 Å². The lowest BCUT2D eigenvalue weighted by molar-refractivity contribution is 0.0504. The van der Waals surface area contributed by atoms with Crippen LogP contribution in [0.3, 0.4) is 0 Å². The van der Waals surface area contributed by atoms with Crippen LogP contribution in [0.1, 0.15) is 48.7 Å². The first kappa shape index (κ1) is 15.2. The number of carbonyl (C=O) groups is 2. The van der Waals surface area contributed by atoms with Crippen LogP contribution in [0.4, 0.5) is 0 Å². The van der Waals surface area contributed by atoms with Gasteiger partial charge in [-0.15, -0.1) is 0 Å². The predicted octanol–water partition coefficient (Wildman–Crippen LogP) is 1.89. The number of esters is 2. The van der Waals surface area contributed by atoms with Crippen molar-refractivity contribution in [2.75, 3.05) is 13.2 Å². The molecule has 106 valence electrons. The molecule has 1 rings (SSSR count). The van der Waals surface area contributed by atoms with Crippen molar-refractivity contribution in [2.24, 2.45) is 5.92 Å². The maximum atomic E-state index is 11.8. The summed E-state index contributed by atoms with van der Waals surface area (Å²) in [5, 5.41) is 4.11. The van der Waals surface area contributed by atoms with Crippen LogP contribution in [0.2, 0.25) is 0 Å². The smallest absolute Gasteiger partial charge is 0.358 e. The van der Waals surface area contributed by atoms with E-state index in [2.05, 4.69) is 5.10 Å². The van der Waals surface area contributed by atoms with Crippen molar-refractivity contribution < 1.29 is 19.1 Å². The Bertz CT molecular complexity index is 451. The Morgan fingerprint density at radius 3 is 2.32 bits per heavy atom. The third-order valence-corrected chi connectivity index (χ3v) is 2.29.